The van der Waals surface area contributed by atoms with Gasteiger partial charge >= 0.3 is 0 Å². The number of hydrogen-bond donors (Lipinski definition) is 4. The number of guanidine groups is 1. The third-order valence-electron chi connectivity index (χ3n) is 4.92. The van der Waals surface area contributed by atoms with Crippen LogP contribution in [0.2, 0.25) is 5.15 Å². The molecule has 3 aromatic rings. The summed E-state index contributed by atoms with van der Waals surface area (Å²) in [6.07, 6.45) is 2.79. The minimum absolute atomic E-state index is 0.00129. The zero-order valence-corrected chi connectivity index (χ0v) is 19.3. The molecule has 33 heavy (non-hydrogen) atoms. The van der Waals surface area contributed by atoms with Crippen molar-refractivity contribution >= 4 is 35.1 Å². The van der Waals surface area contributed by atoms with Gasteiger partial charge in [-0.1, -0.05) is 71.8 Å². The molecule has 0 aliphatic heterocycles. The average Bonchev–Trinajstić information content (AvgIpc) is 2.80. The molecular weight excluding hydrogens is 438 g/mol. The second-order valence-electron chi connectivity index (χ2n) is 7.60. The van der Waals surface area contributed by atoms with Crippen molar-refractivity contribution in [1.82, 2.24) is 15.3 Å². The van der Waals surface area contributed by atoms with Crippen molar-refractivity contribution in [3.63, 3.8) is 0 Å². The quantitative estimate of drug-likeness (QED) is 0.216. The molecule has 0 atom stereocenters. The van der Waals surface area contributed by atoms with Crippen LogP contribution in [-0.2, 0) is 13.0 Å². The van der Waals surface area contributed by atoms with Gasteiger partial charge in [-0.05, 0) is 37.3 Å². The molecule has 0 radical (unpaired) electrons. The van der Waals surface area contributed by atoms with E-state index < -0.39 is 5.91 Å². The van der Waals surface area contributed by atoms with Crippen molar-refractivity contribution in [2.24, 2.45) is 10.7 Å². The fourth-order valence-corrected chi connectivity index (χ4v) is 3.29. The minimum atomic E-state index is -0.613. The van der Waals surface area contributed by atoms with Crippen LogP contribution in [0.1, 0.15) is 40.0 Å². The molecular formula is C24H28ClN7O. The van der Waals surface area contributed by atoms with Crippen LogP contribution in [0.4, 0.5) is 11.6 Å². The second-order valence-corrected chi connectivity index (χ2v) is 7.96. The van der Waals surface area contributed by atoms with Crippen molar-refractivity contribution in [3.05, 3.63) is 82.1 Å². The van der Waals surface area contributed by atoms with Gasteiger partial charge in [0, 0.05) is 13.1 Å². The van der Waals surface area contributed by atoms with Gasteiger partial charge in [-0.2, -0.15) is 0 Å². The van der Waals surface area contributed by atoms with Gasteiger partial charge in [0.2, 0.25) is 0 Å². The molecule has 2 aromatic carbocycles. The summed E-state index contributed by atoms with van der Waals surface area (Å²) in [7, 11) is 0. The van der Waals surface area contributed by atoms with E-state index >= 15 is 0 Å². The minimum Gasteiger partial charge on any atom is -0.382 e. The Morgan fingerprint density at radius 1 is 1.03 bits per heavy atom. The SMILES string of the molecule is Cc1ccc(CNc2nc(N)c(C(=O)NC(N)=NCCCCc3ccccc3)nc2Cl)cc1. The van der Waals surface area contributed by atoms with E-state index in [0.717, 1.165) is 24.8 Å². The second kappa shape index (κ2) is 11.8. The van der Waals surface area contributed by atoms with E-state index in [9.17, 15) is 4.79 Å². The molecule has 6 N–H and O–H groups in total. The molecule has 0 saturated heterocycles. The van der Waals surface area contributed by atoms with Crippen LogP contribution in [-0.4, -0.2) is 28.4 Å². The summed E-state index contributed by atoms with van der Waals surface area (Å²) in [4.78, 5) is 24.9. The number of nitrogen functional groups attached to an aromatic ring is 1. The highest BCUT2D eigenvalue weighted by atomic mass is 35.5. The van der Waals surface area contributed by atoms with Crippen LogP contribution in [0, 0.1) is 6.92 Å². The maximum atomic E-state index is 12.5. The number of hydrogen-bond acceptors (Lipinski definition) is 6. The molecule has 0 bridgehead atoms. The monoisotopic (exact) mass is 465 g/mol. The number of aromatic nitrogens is 2. The van der Waals surface area contributed by atoms with Crippen LogP contribution in [0.3, 0.4) is 0 Å². The van der Waals surface area contributed by atoms with E-state index in [1.54, 1.807) is 0 Å². The molecule has 9 heteroatoms. The number of carbonyl (C=O) groups is 1. The van der Waals surface area contributed by atoms with Crippen molar-refractivity contribution in [2.75, 3.05) is 17.6 Å². The smallest absolute Gasteiger partial charge is 0.280 e. The summed E-state index contributed by atoms with van der Waals surface area (Å²) < 4.78 is 0. The Balaban J connectivity index is 1.50. The van der Waals surface area contributed by atoms with Crippen molar-refractivity contribution in [2.45, 2.75) is 32.7 Å². The summed E-state index contributed by atoms with van der Waals surface area (Å²) in [5, 5.41) is 5.60. The summed E-state index contributed by atoms with van der Waals surface area (Å²) in [5.74, 6) is -0.374. The van der Waals surface area contributed by atoms with Gasteiger partial charge in [0.1, 0.15) is 0 Å². The zero-order valence-electron chi connectivity index (χ0n) is 18.5. The van der Waals surface area contributed by atoms with E-state index in [0.29, 0.717) is 18.9 Å². The maximum absolute atomic E-state index is 12.5. The van der Waals surface area contributed by atoms with E-state index in [1.165, 1.54) is 11.1 Å². The maximum Gasteiger partial charge on any atom is 0.280 e. The van der Waals surface area contributed by atoms with Crippen molar-refractivity contribution in [1.29, 1.82) is 0 Å². The molecule has 0 aliphatic rings. The first-order valence-corrected chi connectivity index (χ1v) is 11.1. The molecule has 0 spiro atoms. The number of amides is 1. The van der Waals surface area contributed by atoms with E-state index in [-0.39, 0.29) is 22.6 Å². The van der Waals surface area contributed by atoms with E-state index in [2.05, 4.69) is 37.7 Å². The predicted molar refractivity (Wildman–Crippen MR) is 133 cm³/mol. The fraction of sp³-hybridized carbons (Fsp3) is 0.250. The number of halogens is 1. The molecule has 1 amide bonds. The van der Waals surface area contributed by atoms with E-state index in [1.807, 2.05) is 49.4 Å². The topological polar surface area (TPSA) is 131 Å². The normalized spacial score (nSPS) is 11.3. The van der Waals surface area contributed by atoms with Gasteiger partial charge in [-0.25, -0.2) is 9.97 Å². The first-order chi connectivity index (χ1) is 15.9. The van der Waals surface area contributed by atoms with Crippen molar-refractivity contribution in [3.8, 4) is 0 Å². The Morgan fingerprint density at radius 2 is 1.76 bits per heavy atom. The zero-order chi connectivity index (χ0) is 23.6. The number of rotatable bonds is 9. The number of nitrogens with two attached hydrogens (primary N) is 2. The van der Waals surface area contributed by atoms with Crippen LogP contribution in [0.25, 0.3) is 0 Å². The van der Waals surface area contributed by atoms with Gasteiger partial charge in [0.15, 0.2) is 28.4 Å². The van der Waals surface area contributed by atoms with Gasteiger partial charge in [-0.15, -0.1) is 0 Å². The highest BCUT2D eigenvalue weighted by Crippen LogP contribution is 2.21. The Hall–Kier alpha value is -3.65. The third kappa shape index (κ3) is 7.47. The van der Waals surface area contributed by atoms with Gasteiger partial charge < -0.3 is 16.8 Å². The fourth-order valence-electron chi connectivity index (χ4n) is 3.10. The molecule has 172 valence electrons. The lowest BCUT2D eigenvalue weighted by Crippen LogP contribution is -2.38. The molecule has 0 saturated carbocycles. The Bertz CT molecular complexity index is 1100. The summed E-state index contributed by atoms with van der Waals surface area (Å²) >= 11 is 6.21. The van der Waals surface area contributed by atoms with Gasteiger partial charge in [-0.3, -0.25) is 15.1 Å². The third-order valence-corrected chi connectivity index (χ3v) is 5.18. The average molecular weight is 466 g/mol. The van der Waals surface area contributed by atoms with Gasteiger partial charge in [0.05, 0.1) is 0 Å². The largest absolute Gasteiger partial charge is 0.382 e. The standard InChI is InChI=1S/C24H28ClN7O/c1-16-10-12-18(13-11-16)15-29-22-20(25)30-19(21(26)31-22)23(33)32-24(27)28-14-6-5-9-17-7-3-2-4-8-17/h2-4,7-8,10-13H,5-6,9,14-15H2,1H3,(H3,26,29,31)(H3,27,28,32,33). The molecule has 3 rings (SSSR count). The summed E-state index contributed by atoms with van der Waals surface area (Å²) in [6.45, 7) is 3.01. The number of aliphatic imine (C=N–C) groups is 1. The Kier molecular flexibility index (Phi) is 8.60. The molecule has 0 fully saturated rings. The number of benzene rings is 2. The molecule has 8 nitrogen and oxygen atoms in total. The van der Waals surface area contributed by atoms with Crippen LogP contribution in [0.5, 0.6) is 0 Å². The van der Waals surface area contributed by atoms with Crippen LogP contribution < -0.4 is 22.1 Å². The first kappa shape index (κ1) is 24.0. The lowest BCUT2D eigenvalue weighted by atomic mass is 10.1. The molecule has 1 aromatic heterocycles. The highest BCUT2D eigenvalue weighted by molar-refractivity contribution is 6.32. The molecule has 0 unspecified atom stereocenters. The predicted octanol–water partition coefficient (Wildman–Crippen LogP) is 3.70. The van der Waals surface area contributed by atoms with E-state index in [4.69, 9.17) is 23.1 Å². The van der Waals surface area contributed by atoms with Crippen LogP contribution >= 0.6 is 11.6 Å². The Morgan fingerprint density at radius 3 is 2.48 bits per heavy atom. The molecule has 0 aliphatic carbocycles. The highest BCUT2D eigenvalue weighted by Gasteiger charge is 2.17. The Labute approximate surface area is 198 Å². The molecule has 1 heterocycles. The van der Waals surface area contributed by atoms with Crippen molar-refractivity contribution < 1.29 is 4.79 Å². The summed E-state index contributed by atoms with van der Waals surface area (Å²) in [5.41, 5.74) is 15.2. The van der Waals surface area contributed by atoms with Crippen LogP contribution in [0.15, 0.2) is 59.6 Å². The number of nitrogens with zero attached hydrogens (tertiary/aromatic N) is 3. The number of carbonyl (C=O) groups excluding carboxylic acids is 1. The number of unbranched alkanes of at least 4 members (excludes halogenated alkanes) is 1. The van der Waals surface area contributed by atoms with Gasteiger partial charge in [0.25, 0.3) is 5.91 Å². The lowest BCUT2D eigenvalue weighted by molar-refractivity contribution is 0.0972. The number of anilines is 2. The lowest BCUT2D eigenvalue weighted by Gasteiger charge is -2.11. The summed E-state index contributed by atoms with van der Waals surface area (Å²) in [6, 6.07) is 18.3. The first-order valence-electron chi connectivity index (χ1n) is 10.7. The number of nitrogens with one attached hydrogen (secondary N) is 2. The number of aryl methyl sites for hydroxylation is 2.